The molecule has 1 aliphatic rings. The minimum absolute atomic E-state index is 0.719. The summed E-state index contributed by atoms with van der Waals surface area (Å²) in [7, 11) is 0. The molecule has 3 nitrogen and oxygen atoms in total. The molecule has 8 rings (SSSR count). The number of hydrogen-bond donors (Lipinski definition) is 0. The average Bonchev–Trinajstić information content (AvgIpc) is 3.06. The molecule has 2 heterocycles. The number of nitrogens with zero attached hydrogens (tertiary/aromatic N) is 3. The maximum Gasteiger partial charge on any atom is 0.160 e. The normalized spacial score (nSPS) is 11.9. The summed E-state index contributed by atoms with van der Waals surface area (Å²) in [6.07, 6.45) is 0. The molecular formula is C38H25N3. The van der Waals surface area contributed by atoms with Crippen molar-refractivity contribution in [3.05, 3.63) is 152 Å². The van der Waals surface area contributed by atoms with Crippen LogP contribution in [0.1, 0.15) is 0 Å². The van der Waals surface area contributed by atoms with Crippen molar-refractivity contribution < 1.29 is 0 Å². The summed E-state index contributed by atoms with van der Waals surface area (Å²) in [5.41, 5.74) is 10.9. The first-order chi connectivity index (χ1) is 20.3. The molecule has 0 unspecified atom stereocenters. The lowest BCUT2D eigenvalue weighted by molar-refractivity contribution is 1.18. The summed E-state index contributed by atoms with van der Waals surface area (Å²) in [6, 6.07) is 53.1. The van der Waals surface area contributed by atoms with Crippen molar-refractivity contribution in [2.24, 2.45) is 0 Å². The van der Waals surface area contributed by atoms with Gasteiger partial charge >= 0.3 is 0 Å². The van der Waals surface area contributed by atoms with Crippen molar-refractivity contribution in [2.75, 3.05) is 4.90 Å². The van der Waals surface area contributed by atoms with E-state index in [4.69, 9.17) is 9.97 Å². The standard InChI is InChI=1S/C38H25N3/c1-4-13-26(14-5-1)33-25-34(27-15-6-2-7-16-27)40-38(39-33)29-23-28-17-12-22-36-37(28)32(24-29)31-20-10-11-21-35(31)41(36)30-18-8-3-9-19-30/h1-25H. The molecule has 1 aliphatic heterocycles. The van der Waals surface area contributed by atoms with Crippen molar-refractivity contribution in [1.82, 2.24) is 9.97 Å². The fourth-order valence-electron chi connectivity index (χ4n) is 5.91. The molecule has 0 bridgehead atoms. The van der Waals surface area contributed by atoms with Crippen molar-refractivity contribution in [3.63, 3.8) is 0 Å². The Labute approximate surface area is 239 Å². The van der Waals surface area contributed by atoms with Crippen LogP contribution in [0, 0.1) is 0 Å². The molecule has 0 saturated heterocycles. The fourth-order valence-corrected chi connectivity index (χ4v) is 5.91. The molecule has 0 spiro atoms. The van der Waals surface area contributed by atoms with Gasteiger partial charge in [-0.15, -0.1) is 0 Å². The molecule has 6 aromatic carbocycles. The molecular weight excluding hydrogens is 498 g/mol. The van der Waals surface area contributed by atoms with E-state index in [1.54, 1.807) is 0 Å². The number of aromatic nitrogens is 2. The van der Waals surface area contributed by atoms with E-state index < -0.39 is 0 Å². The first kappa shape index (κ1) is 23.4. The number of anilines is 3. The van der Waals surface area contributed by atoms with Crippen molar-refractivity contribution in [3.8, 4) is 45.0 Å². The topological polar surface area (TPSA) is 29.0 Å². The third-order valence-electron chi connectivity index (χ3n) is 7.77. The van der Waals surface area contributed by atoms with E-state index in [0.29, 0.717) is 0 Å². The van der Waals surface area contributed by atoms with Crippen LogP contribution >= 0.6 is 0 Å². The quantitative estimate of drug-likeness (QED) is 0.230. The van der Waals surface area contributed by atoms with E-state index in [0.717, 1.165) is 39.6 Å². The largest absolute Gasteiger partial charge is 0.309 e. The maximum absolute atomic E-state index is 5.12. The van der Waals surface area contributed by atoms with Crippen LogP contribution in [0.15, 0.2) is 152 Å². The van der Waals surface area contributed by atoms with Crippen molar-refractivity contribution in [1.29, 1.82) is 0 Å². The molecule has 7 aromatic rings. The minimum atomic E-state index is 0.719. The zero-order valence-corrected chi connectivity index (χ0v) is 22.3. The number of fused-ring (bicyclic) bond motifs is 2. The predicted molar refractivity (Wildman–Crippen MR) is 170 cm³/mol. The Kier molecular flexibility index (Phi) is 5.46. The Balaban J connectivity index is 1.38. The van der Waals surface area contributed by atoms with Crippen LogP contribution in [0.5, 0.6) is 0 Å². The monoisotopic (exact) mass is 523 g/mol. The Morgan fingerprint density at radius 3 is 1.68 bits per heavy atom. The zero-order valence-electron chi connectivity index (χ0n) is 22.3. The van der Waals surface area contributed by atoms with Crippen LogP contribution in [0.25, 0.3) is 55.8 Å². The summed E-state index contributed by atoms with van der Waals surface area (Å²) in [5, 5.41) is 2.40. The van der Waals surface area contributed by atoms with Crippen LogP contribution < -0.4 is 4.90 Å². The van der Waals surface area contributed by atoms with E-state index >= 15 is 0 Å². The van der Waals surface area contributed by atoms with Gasteiger partial charge in [0.1, 0.15) is 0 Å². The number of benzene rings is 6. The fraction of sp³-hybridized carbons (Fsp3) is 0. The first-order valence-electron chi connectivity index (χ1n) is 13.9. The Morgan fingerprint density at radius 2 is 1.00 bits per heavy atom. The summed E-state index contributed by atoms with van der Waals surface area (Å²) < 4.78 is 0. The third kappa shape index (κ3) is 3.98. The third-order valence-corrected chi connectivity index (χ3v) is 7.77. The molecule has 0 amide bonds. The summed E-state index contributed by atoms with van der Waals surface area (Å²) in [6.45, 7) is 0. The van der Waals surface area contributed by atoms with E-state index in [1.807, 2.05) is 12.1 Å². The molecule has 0 radical (unpaired) electrons. The highest BCUT2D eigenvalue weighted by molar-refractivity contribution is 6.14. The lowest BCUT2D eigenvalue weighted by atomic mass is 9.89. The highest BCUT2D eigenvalue weighted by atomic mass is 15.2. The summed E-state index contributed by atoms with van der Waals surface area (Å²) >= 11 is 0. The van der Waals surface area contributed by atoms with Gasteiger partial charge in [-0.2, -0.15) is 0 Å². The molecule has 0 aliphatic carbocycles. The Bertz CT molecular complexity index is 1980. The predicted octanol–water partition coefficient (Wildman–Crippen LogP) is 10.1. The van der Waals surface area contributed by atoms with Crippen LogP contribution in [-0.2, 0) is 0 Å². The number of rotatable bonds is 4. The molecule has 0 fully saturated rings. The molecule has 0 saturated carbocycles. The lowest BCUT2D eigenvalue weighted by Crippen LogP contribution is -2.15. The number of para-hydroxylation sites is 2. The van der Waals surface area contributed by atoms with Crippen molar-refractivity contribution >= 4 is 27.8 Å². The highest BCUT2D eigenvalue weighted by Crippen LogP contribution is 2.51. The zero-order chi connectivity index (χ0) is 27.2. The van der Waals surface area contributed by atoms with Crippen LogP contribution in [0.4, 0.5) is 17.1 Å². The van der Waals surface area contributed by atoms with E-state index in [-0.39, 0.29) is 0 Å². The SMILES string of the molecule is c1ccc(-c2cc(-c3ccccc3)nc(-c3cc4c5c(cccc5c3)N(c3ccccc3)c3ccccc3-4)n2)cc1. The molecule has 0 N–H and O–H groups in total. The molecule has 192 valence electrons. The van der Waals surface area contributed by atoms with E-state index in [1.165, 1.54) is 33.3 Å². The maximum atomic E-state index is 5.12. The van der Waals surface area contributed by atoms with E-state index in [9.17, 15) is 0 Å². The second kappa shape index (κ2) is 9.58. The first-order valence-corrected chi connectivity index (χ1v) is 13.9. The Morgan fingerprint density at radius 1 is 0.415 bits per heavy atom. The van der Waals surface area contributed by atoms with Crippen LogP contribution in [0.3, 0.4) is 0 Å². The van der Waals surface area contributed by atoms with Crippen LogP contribution in [0.2, 0.25) is 0 Å². The number of hydrogen-bond acceptors (Lipinski definition) is 3. The smallest absolute Gasteiger partial charge is 0.160 e. The van der Waals surface area contributed by atoms with Gasteiger partial charge in [0.15, 0.2) is 5.82 Å². The minimum Gasteiger partial charge on any atom is -0.309 e. The van der Waals surface area contributed by atoms with Gasteiger partial charge in [-0.1, -0.05) is 109 Å². The van der Waals surface area contributed by atoms with Gasteiger partial charge in [0.05, 0.1) is 22.8 Å². The van der Waals surface area contributed by atoms with Crippen LogP contribution in [-0.4, -0.2) is 9.97 Å². The summed E-state index contributed by atoms with van der Waals surface area (Å²) in [5.74, 6) is 0.719. The Hall–Kier alpha value is -5.54. The van der Waals surface area contributed by atoms with Gasteiger partial charge < -0.3 is 4.90 Å². The second-order valence-corrected chi connectivity index (χ2v) is 10.3. The van der Waals surface area contributed by atoms with Crippen molar-refractivity contribution in [2.45, 2.75) is 0 Å². The second-order valence-electron chi connectivity index (χ2n) is 10.3. The van der Waals surface area contributed by atoms with Gasteiger partial charge in [0, 0.05) is 33.3 Å². The molecule has 0 atom stereocenters. The lowest BCUT2D eigenvalue weighted by Gasteiger charge is -2.33. The van der Waals surface area contributed by atoms with Gasteiger partial charge in [0.25, 0.3) is 0 Å². The van der Waals surface area contributed by atoms with Gasteiger partial charge in [0.2, 0.25) is 0 Å². The van der Waals surface area contributed by atoms with Gasteiger partial charge in [-0.3, -0.25) is 0 Å². The summed E-state index contributed by atoms with van der Waals surface area (Å²) in [4.78, 5) is 12.6. The van der Waals surface area contributed by atoms with E-state index in [2.05, 4.69) is 144 Å². The molecule has 3 heteroatoms. The van der Waals surface area contributed by atoms with Gasteiger partial charge in [-0.25, -0.2) is 9.97 Å². The highest BCUT2D eigenvalue weighted by Gasteiger charge is 2.26. The molecule has 1 aromatic heterocycles. The molecule has 41 heavy (non-hydrogen) atoms. The average molecular weight is 524 g/mol. The van der Waals surface area contributed by atoms with Gasteiger partial charge in [-0.05, 0) is 53.4 Å².